The van der Waals surface area contributed by atoms with E-state index in [4.69, 9.17) is 0 Å². The third kappa shape index (κ3) is 3.19. The molecule has 100 valence electrons. The van der Waals surface area contributed by atoms with Gasteiger partial charge in [0.1, 0.15) is 4.88 Å². The smallest absolute Gasteiger partial charge is 0.344 e. The Morgan fingerprint density at radius 1 is 1.33 bits per heavy atom. The van der Waals surface area contributed by atoms with Gasteiger partial charge < -0.3 is 4.90 Å². The number of carbonyl (C=O) groups excluding carboxylic acids is 2. The molecule has 5 nitrogen and oxygen atoms in total. The lowest BCUT2D eigenvalue weighted by Gasteiger charge is -2.07. The molecule has 1 aromatic rings. The average molecular weight is 281 g/mol. The van der Waals surface area contributed by atoms with Gasteiger partial charge in [-0.15, -0.1) is 0 Å². The first kappa shape index (κ1) is 14.4. The topological polar surface area (TPSA) is 62.3 Å². The molecule has 0 aromatic carbocycles. The predicted molar refractivity (Wildman–Crippen MR) is 59.6 cm³/mol. The van der Waals surface area contributed by atoms with Gasteiger partial charge in [-0.1, -0.05) is 11.3 Å². The SMILES string of the molecule is Cc1nc(NC(=O)C(F)(F)F)sc1C(=O)N(C)C. The van der Waals surface area contributed by atoms with E-state index in [-0.39, 0.29) is 21.6 Å². The van der Waals surface area contributed by atoms with Gasteiger partial charge in [0.25, 0.3) is 5.91 Å². The molecule has 1 N–H and O–H groups in total. The number of aromatic nitrogens is 1. The molecular formula is C9H10F3N3O2S. The predicted octanol–water partition coefficient (Wildman–Crippen LogP) is 1.65. The van der Waals surface area contributed by atoms with Crippen LogP contribution in [0.2, 0.25) is 0 Å². The van der Waals surface area contributed by atoms with Crippen LogP contribution in [0.4, 0.5) is 18.3 Å². The highest BCUT2D eigenvalue weighted by Gasteiger charge is 2.39. The third-order valence-electron chi connectivity index (χ3n) is 1.87. The maximum absolute atomic E-state index is 12.0. The first-order chi connectivity index (χ1) is 8.12. The van der Waals surface area contributed by atoms with Gasteiger partial charge in [-0.2, -0.15) is 13.2 Å². The molecule has 0 aliphatic rings. The van der Waals surface area contributed by atoms with Crippen molar-refractivity contribution in [1.29, 1.82) is 0 Å². The largest absolute Gasteiger partial charge is 0.471 e. The number of nitrogens with one attached hydrogen (secondary N) is 1. The summed E-state index contributed by atoms with van der Waals surface area (Å²) in [7, 11) is 3.02. The number of carbonyl (C=O) groups is 2. The summed E-state index contributed by atoms with van der Waals surface area (Å²) in [4.78, 5) is 27.5. The summed E-state index contributed by atoms with van der Waals surface area (Å²) < 4.78 is 36.1. The molecule has 2 amide bonds. The molecule has 1 rings (SSSR count). The van der Waals surface area contributed by atoms with E-state index in [0.717, 1.165) is 0 Å². The summed E-state index contributed by atoms with van der Waals surface area (Å²) >= 11 is 0.706. The van der Waals surface area contributed by atoms with Gasteiger partial charge in [0.15, 0.2) is 5.13 Å². The van der Waals surface area contributed by atoms with Gasteiger partial charge in [0.2, 0.25) is 0 Å². The Hall–Kier alpha value is -1.64. The highest BCUT2D eigenvalue weighted by molar-refractivity contribution is 7.17. The zero-order valence-electron chi connectivity index (χ0n) is 9.75. The molecule has 0 atom stereocenters. The number of aryl methyl sites for hydroxylation is 1. The van der Waals surface area contributed by atoms with Crippen molar-refractivity contribution in [2.75, 3.05) is 19.4 Å². The van der Waals surface area contributed by atoms with Gasteiger partial charge in [-0.3, -0.25) is 14.9 Å². The molecule has 0 spiro atoms. The summed E-state index contributed by atoms with van der Waals surface area (Å²) in [6.45, 7) is 1.48. The Morgan fingerprint density at radius 3 is 2.33 bits per heavy atom. The van der Waals surface area contributed by atoms with E-state index >= 15 is 0 Å². The Bertz CT molecular complexity index is 482. The number of hydrogen-bond acceptors (Lipinski definition) is 4. The quantitative estimate of drug-likeness (QED) is 0.896. The Balaban J connectivity index is 2.92. The van der Waals surface area contributed by atoms with Crippen LogP contribution in [0.1, 0.15) is 15.4 Å². The maximum atomic E-state index is 12.0. The molecule has 18 heavy (non-hydrogen) atoms. The summed E-state index contributed by atoms with van der Waals surface area (Å²) in [6.07, 6.45) is -4.98. The van der Waals surface area contributed by atoms with Gasteiger partial charge in [-0.25, -0.2) is 4.98 Å². The van der Waals surface area contributed by atoms with Crippen molar-refractivity contribution in [3.05, 3.63) is 10.6 Å². The van der Waals surface area contributed by atoms with E-state index in [1.165, 1.54) is 25.9 Å². The fourth-order valence-electron chi connectivity index (χ4n) is 1.02. The second-order valence-corrected chi connectivity index (χ2v) is 4.58. The van der Waals surface area contributed by atoms with E-state index in [1.807, 2.05) is 0 Å². The van der Waals surface area contributed by atoms with Gasteiger partial charge in [0.05, 0.1) is 5.69 Å². The normalized spacial score (nSPS) is 11.2. The van der Waals surface area contributed by atoms with Crippen LogP contribution in [0.3, 0.4) is 0 Å². The number of amides is 2. The van der Waals surface area contributed by atoms with E-state index < -0.39 is 12.1 Å². The summed E-state index contributed by atoms with van der Waals surface area (Å²) in [5.74, 6) is -2.49. The summed E-state index contributed by atoms with van der Waals surface area (Å²) in [5.41, 5.74) is 0.274. The second kappa shape index (κ2) is 4.92. The molecule has 0 bridgehead atoms. The minimum absolute atomic E-state index is 0.192. The Labute approximate surface area is 105 Å². The van der Waals surface area contributed by atoms with Crippen molar-refractivity contribution >= 4 is 28.3 Å². The molecule has 0 saturated carbocycles. The number of anilines is 1. The number of halogens is 3. The molecule has 0 saturated heterocycles. The van der Waals surface area contributed by atoms with E-state index in [1.54, 1.807) is 5.32 Å². The summed E-state index contributed by atoms with van der Waals surface area (Å²) in [6, 6.07) is 0. The fraction of sp³-hybridized carbons (Fsp3) is 0.444. The van der Waals surface area contributed by atoms with Crippen LogP contribution in [0.5, 0.6) is 0 Å². The van der Waals surface area contributed by atoms with Gasteiger partial charge >= 0.3 is 12.1 Å². The van der Waals surface area contributed by atoms with E-state index in [0.29, 0.717) is 11.3 Å². The number of nitrogens with zero attached hydrogens (tertiary/aromatic N) is 2. The molecule has 0 aliphatic heterocycles. The molecule has 0 aliphatic carbocycles. The Morgan fingerprint density at radius 2 is 1.89 bits per heavy atom. The first-order valence-electron chi connectivity index (χ1n) is 4.70. The molecule has 1 aromatic heterocycles. The molecule has 0 unspecified atom stereocenters. The first-order valence-corrected chi connectivity index (χ1v) is 5.52. The molecular weight excluding hydrogens is 271 g/mol. The highest BCUT2D eigenvalue weighted by Crippen LogP contribution is 2.25. The number of rotatable bonds is 2. The van der Waals surface area contributed by atoms with Crippen molar-refractivity contribution in [3.63, 3.8) is 0 Å². The molecule has 9 heteroatoms. The fourth-order valence-corrected chi connectivity index (χ4v) is 2.00. The van der Waals surface area contributed by atoms with Crippen molar-refractivity contribution in [3.8, 4) is 0 Å². The van der Waals surface area contributed by atoms with Gasteiger partial charge in [0, 0.05) is 14.1 Å². The minimum Gasteiger partial charge on any atom is -0.344 e. The minimum atomic E-state index is -4.98. The van der Waals surface area contributed by atoms with Crippen LogP contribution in [0.15, 0.2) is 0 Å². The zero-order valence-corrected chi connectivity index (χ0v) is 10.6. The standard InChI is InChI=1S/C9H10F3N3O2S/c1-4-5(6(16)15(2)3)18-8(13-4)14-7(17)9(10,11)12/h1-3H3,(H,13,14,17). The van der Waals surface area contributed by atoms with Crippen molar-refractivity contribution in [2.24, 2.45) is 0 Å². The van der Waals surface area contributed by atoms with Crippen LogP contribution in [0.25, 0.3) is 0 Å². The van der Waals surface area contributed by atoms with Crippen LogP contribution in [-0.4, -0.2) is 42.0 Å². The van der Waals surface area contributed by atoms with Crippen LogP contribution < -0.4 is 5.32 Å². The van der Waals surface area contributed by atoms with Gasteiger partial charge in [-0.05, 0) is 6.92 Å². The molecule has 1 heterocycles. The second-order valence-electron chi connectivity index (χ2n) is 3.59. The van der Waals surface area contributed by atoms with E-state index in [9.17, 15) is 22.8 Å². The van der Waals surface area contributed by atoms with E-state index in [2.05, 4.69) is 4.98 Å². The highest BCUT2D eigenvalue weighted by atomic mass is 32.1. The average Bonchev–Trinajstić information content (AvgIpc) is 2.56. The van der Waals surface area contributed by atoms with Crippen molar-refractivity contribution in [2.45, 2.75) is 13.1 Å². The zero-order chi connectivity index (χ0) is 14.1. The lowest BCUT2D eigenvalue weighted by Crippen LogP contribution is -2.29. The molecule has 0 fully saturated rings. The number of thiazole rings is 1. The van der Waals surface area contributed by atoms with Crippen molar-refractivity contribution in [1.82, 2.24) is 9.88 Å². The van der Waals surface area contributed by atoms with Crippen molar-refractivity contribution < 1.29 is 22.8 Å². The number of alkyl halides is 3. The number of hydrogen-bond donors (Lipinski definition) is 1. The van der Waals surface area contributed by atoms with Crippen LogP contribution in [-0.2, 0) is 4.79 Å². The Kier molecular flexibility index (Phi) is 3.95. The molecule has 0 radical (unpaired) electrons. The maximum Gasteiger partial charge on any atom is 0.471 e. The lowest BCUT2D eigenvalue weighted by molar-refractivity contribution is -0.167. The van der Waals surface area contributed by atoms with Crippen LogP contribution >= 0.6 is 11.3 Å². The summed E-state index contributed by atoms with van der Waals surface area (Å²) in [5, 5.41) is 1.36. The third-order valence-corrected chi connectivity index (χ3v) is 2.94. The lowest BCUT2D eigenvalue weighted by atomic mass is 10.3. The monoisotopic (exact) mass is 281 g/mol. The van der Waals surface area contributed by atoms with Crippen LogP contribution in [0, 0.1) is 6.92 Å².